The number of ether oxygens (including phenoxy) is 1. The molecule has 6 heteroatoms. The van der Waals surface area contributed by atoms with Gasteiger partial charge in [0, 0.05) is 17.5 Å². The van der Waals surface area contributed by atoms with Crippen LogP contribution in [0.2, 0.25) is 0 Å². The molecule has 2 heterocycles. The highest BCUT2D eigenvalue weighted by Crippen LogP contribution is 2.21. The predicted molar refractivity (Wildman–Crippen MR) is 72.9 cm³/mol. The van der Waals surface area contributed by atoms with Crippen molar-refractivity contribution in [3.63, 3.8) is 0 Å². The standard InChI is InChI=1S/C14H16N2O4/c1-4-19-14(18)11-9(3)15-7-10(11)16-13(17)12-8(2)5-6-20-12/h5-7,15H,4H2,1-3H3,(H,16,17). The van der Waals surface area contributed by atoms with Crippen LogP contribution >= 0.6 is 0 Å². The summed E-state index contributed by atoms with van der Waals surface area (Å²) in [6.07, 6.45) is 3.00. The summed E-state index contributed by atoms with van der Waals surface area (Å²) in [6, 6.07) is 1.70. The van der Waals surface area contributed by atoms with Crippen molar-refractivity contribution in [2.45, 2.75) is 20.8 Å². The van der Waals surface area contributed by atoms with Gasteiger partial charge >= 0.3 is 5.97 Å². The lowest BCUT2D eigenvalue weighted by Gasteiger charge is -2.06. The number of esters is 1. The smallest absolute Gasteiger partial charge is 0.342 e. The van der Waals surface area contributed by atoms with E-state index in [9.17, 15) is 9.59 Å². The van der Waals surface area contributed by atoms with Crippen LogP contribution < -0.4 is 5.32 Å². The van der Waals surface area contributed by atoms with E-state index in [4.69, 9.17) is 9.15 Å². The molecule has 20 heavy (non-hydrogen) atoms. The second kappa shape index (κ2) is 5.64. The lowest BCUT2D eigenvalue weighted by atomic mass is 10.2. The minimum Gasteiger partial charge on any atom is -0.462 e. The lowest BCUT2D eigenvalue weighted by molar-refractivity contribution is 0.0527. The molecule has 0 saturated carbocycles. The first-order valence-corrected chi connectivity index (χ1v) is 6.25. The summed E-state index contributed by atoms with van der Waals surface area (Å²) in [5.74, 6) is -0.659. The zero-order chi connectivity index (χ0) is 14.7. The highest BCUT2D eigenvalue weighted by atomic mass is 16.5. The summed E-state index contributed by atoms with van der Waals surface area (Å²) in [7, 11) is 0. The Balaban J connectivity index is 2.24. The molecule has 0 saturated heterocycles. The molecular weight excluding hydrogens is 260 g/mol. The van der Waals surface area contributed by atoms with Crippen molar-refractivity contribution >= 4 is 17.6 Å². The van der Waals surface area contributed by atoms with E-state index in [2.05, 4.69) is 10.3 Å². The number of anilines is 1. The van der Waals surface area contributed by atoms with Gasteiger partial charge in [-0.1, -0.05) is 0 Å². The van der Waals surface area contributed by atoms with Crippen molar-refractivity contribution in [1.82, 2.24) is 4.98 Å². The SMILES string of the molecule is CCOC(=O)c1c(NC(=O)c2occc2C)c[nH]c1C. The first-order valence-electron chi connectivity index (χ1n) is 6.25. The molecule has 0 fully saturated rings. The Hall–Kier alpha value is -2.50. The lowest BCUT2D eigenvalue weighted by Crippen LogP contribution is -2.15. The van der Waals surface area contributed by atoms with Crippen molar-refractivity contribution in [1.29, 1.82) is 0 Å². The highest BCUT2D eigenvalue weighted by molar-refractivity contribution is 6.07. The minimum absolute atomic E-state index is 0.221. The van der Waals surface area contributed by atoms with Crippen LogP contribution in [0.5, 0.6) is 0 Å². The monoisotopic (exact) mass is 276 g/mol. The number of aromatic amines is 1. The molecule has 0 aliphatic rings. The van der Waals surface area contributed by atoms with Crippen LogP contribution in [0.15, 0.2) is 22.9 Å². The average molecular weight is 276 g/mol. The molecule has 106 valence electrons. The number of furan rings is 1. The van der Waals surface area contributed by atoms with Crippen molar-refractivity contribution in [3.8, 4) is 0 Å². The van der Waals surface area contributed by atoms with Gasteiger partial charge in [0.2, 0.25) is 0 Å². The third-order valence-corrected chi connectivity index (χ3v) is 2.87. The van der Waals surface area contributed by atoms with Gasteiger partial charge < -0.3 is 19.5 Å². The topological polar surface area (TPSA) is 84.3 Å². The summed E-state index contributed by atoms with van der Waals surface area (Å²) >= 11 is 0. The van der Waals surface area contributed by atoms with Crippen LogP contribution in [0.4, 0.5) is 5.69 Å². The first-order chi connectivity index (χ1) is 9.54. The van der Waals surface area contributed by atoms with Gasteiger partial charge in [-0.25, -0.2) is 4.79 Å². The number of rotatable bonds is 4. The van der Waals surface area contributed by atoms with E-state index in [0.717, 1.165) is 5.56 Å². The molecule has 0 aliphatic carbocycles. The van der Waals surface area contributed by atoms with E-state index in [1.54, 1.807) is 33.0 Å². The van der Waals surface area contributed by atoms with Gasteiger partial charge in [-0.2, -0.15) is 0 Å². The molecule has 2 rings (SSSR count). The fourth-order valence-corrected chi connectivity index (χ4v) is 1.88. The minimum atomic E-state index is -0.474. The molecule has 0 atom stereocenters. The quantitative estimate of drug-likeness (QED) is 0.841. The fourth-order valence-electron chi connectivity index (χ4n) is 1.88. The molecule has 0 aromatic carbocycles. The highest BCUT2D eigenvalue weighted by Gasteiger charge is 2.21. The molecule has 2 N–H and O–H groups in total. The summed E-state index contributed by atoms with van der Waals surface area (Å²) in [5, 5.41) is 2.65. The second-order valence-corrected chi connectivity index (χ2v) is 4.31. The van der Waals surface area contributed by atoms with Gasteiger partial charge in [0.25, 0.3) is 5.91 Å². The summed E-state index contributed by atoms with van der Waals surface area (Å²) < 4.78 is 10.1. The summed E-state index contributed by atoms with van der Waals surface area (Å²) in [4.78, 5) is 26.8. The van der Waals surface area contributed by atoms with E-state index < -0.39 is 11.9 Å². The van der Waals surface area contributed by atoms with Crippen LogP contribution in [0.1, 0.15) is 39.1 Å². The number of hydrogen-bond donors (Lipinski definition) is 2. The van der Waals surface area contributed by atoms with Crippen molar-refractivity contribution in [3.05, 3.63) is 41.1 Å². The number of H-pyrrole nitrogens is 1. The van der Waals surface area contributed by atoms with Gasteiger partial charge in [0.15, 0.2) is 5.76 Å². The van der Waals surface area contributed by atoms with Gasteiger partial charge in [0.1, 0.15) is 5.56 Å². The van der Waals surface area contributed by atoms with Crippen LogP contribution in [-0.2, 0) is 4.74 Å². The van der Waals surface area contributed by atoms with Crippen LogP contribution in [-0.4, -0.2) is 23.5 Å². The van der Waals surface area contributed by atoms with E-state index in [1.165, 1.54) is 6.26 Å². The second-order valence-electron chi connectivity index (χ2n) is 4.31. The van der Waals surface area contributed by atoms with E-state index in [0.29, 0.717) is 16.9 Å². The molecule has 0 bridgehead atoms. The molecule has 0 radical (unpaired) electrons. The Morgan fingerprint density at radius 3 is 2.75 bits per heavy atom. The maximum atomic E-state index is 12.1. The maximum Gasteiger partial charge on any atom is 0.342 e. The Labute approximate surface area is 116 Å². The third-order valence-electron chi connectivity index (χ3n) is 2.87. The molecule has 1 amide bonds. The first kappa shape index (κ1) is 13.9. The number of carbonyl (C=O) groups is 2. The number of carbonyl (C=O) groups excluding carboxylic acids is 2. The molecule has 0 aliphatic heterocycles. The van der Waals surface area contributed by atoms with Crippen LogP contribution in [0, 0.1) is 13.8 Å². The van der Waals surface area contributed by atoms with E-state index in [-0.39, 0.29) is 12.4 Å². The normalized spacial score (nSPS) is 10.3. The van der Waals surface area contributed by atoms with Crippen LogP contribution in [0.25, 0.3) is 0 Å². The van der Waals surface area contributed by atoms with Gasteiger partial charge in [-0.15, -0.1) is 0 Å². The predicted octanol–water partition coefficient (Wildman–Crippen LogP) is 2.65. The van der Waals surface area contributed by atoms with Crippen molar-refractivity contribution < 1.29 is 18.7 Å². The van der Waals surface area contributed by atoms with Crippen LogP contribution in [0.3, 0.4) is 0 Å². The molecular formula is C14H16N2O4. The largest absolute Gasteiger partial charge is 0.462 e. The molecule has 2 aromatic heterocycles. The Morgan fingerprint density at radius 2 is 2.15 bits per heavy atom. The van der Waals surface area contributed by atoms with Crippen molar-refractivity contribution in [2.24, 2.45) is 0 Å². The Morgan fingerprint density at radius 1 is 1.40 bits per heavy atom. The molecule has 2 aromatic rings. The molecule has 0 unspecified atom stereocenters. The average Bonchev–Trinajstić information content (AvgIpc) is 2.96. The van der Waals surface area contributed by atoms with Gasteiger partial charge in [0.05, 0.1) is 18.6 Å². The zero-order valence-electron chi connectivity index (χ0n) is 11.6. The zero-order valence-corrected chi connectivity index (χ0v) is 11.6. The van der Waals surface area contributed by atoms with Gasteiger partial charge in [-0.05, 0) is 26.8 Å². The number of hydrogen-bond acceptors (Lipinski definition) is 4. The molecule has 6 nitrogen and oxygen atoms in total. The van der Waals surface area contributed by atoms with E-state index >= 15 is 0 Å². The summed E-state index contributed by atoms with van der Waals surface area (Å²) in [5.41, 5.74) is 2.06. The Kier molecular flexibility index (Phi) is 3.93. The fraction of sp³-hybridized carbons (Fsp3) is 0.286. The Bertz CT molecular complexity index is 639. The number of aromatic nitrogens is 1. The van der Waals surface area contributed by atoms with E-state index in [1.807, 2.05) is 0 Å². The summed E-state index contributed by atoms with van der Waals surface area (Å²) in [6.45, 7) is 5.51. The van der Waals surface area contributed by atoms with Gasteiger partial charge in [-0.3, -0.25) is 4.79 Å². The van der Waals surface area contributed by atoms with Crippen molar-refractivity contribution in [2.75, 3.05) is 11.9 Å². The number of nitrogens with one attached hydrogen (secondary N) is 2. The number of amides is 1. The third kappa shape index (κ3) is 2.59. The maximum absolute atomic E-state index is 12.1. The number of aryl methyl sites for hydroxylation is 2. The molecule has 0 spiro atoms.